The molecule has 128 valence electrons. The number of nitrogens with zero attached hydrogens (tertiary/aromatic N) is 5. The van der Waals surface area contributed by atoms with Gasteiger partial charge in [0.2, 0.25) is 0 Å². The fourth-order valence-corrected chi connectivity index (χ4v) is 4.04. The van der Waals surface area contributed by atoms with Gasteiger partial charge in [0.05, 0.1) is 0 Å². The predicted octanol–water partition coefficient (Wildman–Crippen LogP) is 2.82. The summed E-state index contributed by atoms with van der Waals surface area (Å²) in [6.45, 7) is 4.57. The van der Waals surface area contributed by atoms with Gasteiger partial charge >= 0.3 is 0 Å². The van der Waals surface area contributed by atoms with E-state index in [4.69, 9.17) is 0 Å². The van der Waals surface area contributed by atoms with E-state index in [0.717, 1.165) is 25.9 Å². The standard InChI is InChI=1S/C19H27N5/c1-2-7-18-21-22-19(24(18)12-5-1)16-8-13-23(14-9-16)15-10-17-6-3-4-11-20-17/h3-4,6,11,16H,1-2,5,7-10,12-15H2. The van der Waals surface area contributed by atoms with Crippen LogP contribution in [0, 0.1) is 0 Å². The number of pyridine rings is 1. The lowest BCUT2D eigenvalue weighted by atomic mass is 9.95. The number of aromatic nitrogens is 4. The van der Waals surface area contributed by atoms with Gasteiger partial charge in [-0.05, 0) is 50.9 Å². The Labute approximate surface area is 144 Å². The first-order valence-electron chi connectivity index (χ1n) is 9.44. The van der Waals surface area contributed by atoms with Crippen LogP contribution < -0.4 is 0 Å². The van der Waals surface area contributed by atoms with Crippen LogP contribution in [0.1, 0.15) is 55.4 Å². The zero-order chi connectivity index (χ0) is 16.2. The minimum absolute atomic E-state index is 0.593. The van der Waals surface area contributed by atoms with Crippen molar-refractivity contribution in [2.75, 3.05) is 19.6 Å². The fraction of sp³-hybridized carbons (Fsp3) is 0.632. The molecule has 2 aromatic heterocycles. The molecular weight excluding hydrogens is 298 g/mol. The number of aryl methyl sites for hydroxylation is 1. The predicted molar refractivity (Wildman–Crippen MR) is 93.9 cm³/mol. The molecule has 1 saturated heterocycles. The summed E-state index contributed by atoms with van der Waals surface area (Å²) in [7, 11) is 0. The Bertz CT molecular complexity index is 643. The molecule has 0 N–H and O–H groups in total. The average molecular weight is 325 g/mol. The van der Waals surface area contributed by atoms with Gasteiger partial charge in [-0.3, -0.25) is 4.98 Å². The van der Waals surface area contributed by atoms with Gasteiger partial charge in [-0.2, -0.15) is 0 Å². The van der Waals surface area contributed by atoms with Crippen LogP contribution >= 0.6 is 0 Å². The van der Waals surface area contributed by atoms with Gasteiger partial charge in [-0.15, -0.1) is 10.2 Å². The largest absolute Gasteiger partial charge is 0.315 e. The zero-order valence-electron chi connectivity index (χ0n) is 14.4. The molecule has 0 atom stereocenters. The van der Waals surface area contributed by atoms with E-state index in [0.29, 0.717) is 5.92 Å². The van der Waals surface area contributed by atoms with E-state index in [-0.39, 0.29) is 0 Å². The molecule has 5 nitrogen and oxygen atoms in total. The van der Waals surface area contributed by atoms with Gasteiger partial charge in [0.25, 0.3) is 0 Å². The second-order valence-corrected chi connectivity index (χ2v) is 7.12. The molecule has 1 fully saturated rings. The number of piperidine rings is 1. The molecule has 0 saturated carbocycles. The Morgan fingerprint density at radius 2 is 1.92 bits per heavy atom. The van der Waals surface area contributed by atoms with Crippen molar-refractivity contribution in [1.29, 1.82) is 0 Å². The van der Waals surface area contributed by atoms with Gasteiger partial charge in [-0.25, -0.2) is 0 Å². The van der Waals surface area contributed by atoms with Crippen LogP contribution in [0.3, 0.4) is 0 Å². The highest BCUT2D eigenvalue weighted by atomic mass is 15.3. The fourth-order valence-electron chi connectivity index (χ4n) is 4.04. The molecule has 4 heterocycles. The maximum Gasteiger partial charge on any atom is 0.136 e. The molecule has 5 heteroatoms. The van der Waals surface area contributed by atoms with Gasteiger partial charge in [0.1, 0.15) is 11.6 Å². The molecule has 0 aliphatic carbocycles. The van der Waals surface area contributed by atoms with Gasteiger partial charge in [-0.1, -0.05) is 12.5 Å². The van der Waals surface area contributed by atoms with Crippen molar-refractivity contribution in [3.63, 3.8) is 0 Å². The molecule has 24 heavy (non-hydrogen) atoms. The smallest absolute Gasteiger partial charge is 0.136 e. The zero-order valence-corrected chi connectivity index (χ0v) is 14.4. The summed E-state index contributed by atoms with van der Waals surface area (Å²) < 4.78 is 2.43. The summed E-state index contributed by atoms with van der Waals surface area (Å²) in [5.41, 5.74) is 1.20. The molecule has 2 aliphatic heterocycles. The van der Waals surface area contributed by atoms with Gasteiger partial charge in [0, 0.05) is 43.7 Å². The molecule has 0 bridgehead atoms. The van der Waals surface area contributed by atoms with Gasteiger partial charge < -0.3 is 9.47 Å². The topological polar surface area (TPSA) is 46.8 Å². The number of rotatable bonds is 4. The quantitative estimate of drug-likeness (QED) is 0.867. The minimum Gasteiger partial charge on any atom is -0.315 e. The number of likely N-dealkylation sites (tertiary alicyclic amines) is 1. The molecule has 0 amide bonds. The third-order valence-corrected chi connectivity index (χ3v) is 5.50. The Balaban J connectivity index is 1.32. The monoisotopic (exact) mass is 325 g/mol. The van der Waals surface area contributed by atoms with Crippen molar-refractivity contribution in [2.45, 2.75) is 57.4 Å². The number of fused-ring (bicyclic) bond motifs is 1. The molecule has 0 spiro atoms. The molecule has 0 unspecified atom stereocenters. The van der Waals surface area contributed by atoms with Gasteiger partial charge in [0.15, 0.2) is 0 Å². The summed E-state index contributed by atoms with van der Waals surface area (Å²) in [5.74, 6) is 3.08. The van der Waals surface area contributed by atoms with Crippen LogP contribution in [0.15, 0.2) is 24.4 Å². The number of hydrogen-bond donors (Lipinski definition) is 0. The summed E-state index contributed by atoms with van der Waals surface area (Å²) >= 11 is 0. The molecule has 2 aliphatic rings. The van der Waals surface area contributed by atoms with Crippen molar-refractivity contribution in [3.8, 4) is 0 Å². The van der Waals surface area contributed by atoms with Crippen molar-refractivity contribution in [1.82, 2.24) is 24.6 Å². The molecule has 0 aromatic carbocycles. The van der Waals surface area contributed by atoms with E-state index in [1.54, 1.807) is 0 Å². The minimum atomic E-state index is 0.593. The van der Waals surface area contributed by atoms with Crippen molar-refractivity contribution in [2.24, 2.45) is 0 Å². The maximum absolute atomic E-state index is 4.57. The van der Waals surface area contributed by atoms with E-state index in [1.807, 2.05) is 12.3 Å². The van der Waals surface area contributed by atoms with Crippen molar-refractivity contribution in [3.05, 3.63) is 41.7 Å². The Hall–Kier alpha value is -1.75. The Kier molecular flexibility index (Phi) is 4.88. The highest BCUT2D eigenvalue weighted by molar-refractivity contribution is 5.06. The molecule has 0 radical (unpaired) electrons. The maximum atomic E-state index is 4.57. The van der Waals surface area contributed by atoms with E-state index in [9.17, 15) is 0 Å². The average Bonchev–Trinajstić information content (AvgIpc) is 2.89. The van der Waals surface area contributed by atoms with Crippen molar-refractivity contribution >= 4 is 0 Å². The van der Waals surface area contributed by atoms with Crippen LogP contribution in [0.5, 0.6) is 0 Å². The first-order valence-corrected chi connectivity index (χ1v) is 9.44. The highest BCUT2D eigenvalue weighted by Crippen LogP contribution is 2.28. The Morgan fingerprint density at radius 3 is 2.75 bits per heavy atom. The van der Waals surface area contributed by atoms with E-state index in [2.05, 4.69) is 36.8 Å². The summed E-state index contributed by atoms with van der Waals surface area (Å²) in [6, 6.07) is 6.18. The number of hydrogen-bond acceptors (Lipinski definition) is 4. The van der Waals surface area contributed by atoms with Crippen molar-refractivity contribution < 1.29 is 0 Å². The lowest BCUT2D eigenvalue weighted by Gasteiger charge is -2.31. The summed E-state index contributed by atoms with van der Waals surface area (Å²) in [6.07, 6.45) is 10.3. The molecule has 2 aromatic rings. The summed E-state index contributed by atoms with van der Waals surface area (Å²) in [5, 5.41) is 9.04. The normalized spacial score (nSPS) is 19.8. The first kappa shape index (κ1) is 15.8. The van der Waals surface area contributed by atoms with Crippen LogP contribution in [0.2, 0.25) is 0 Å². The second-order valence-electron chi connectivity index (χ2n) is 7.12. The second kappa shape index (κ2) is 7.43. The summed E-state index contributed by atoms with van der Waals surface area (Å²) in [4.78, 5) is 7.00. The third kappa shape index (κ3) is 3.51. The van der Waals surface area contributed by atoms with E-state index in [1.165, 1.54) is 62.5 Å². The van der Waals surface area contributed by atoms with Crippen LogP contribution in [-0.4, -0.2) is 44.3 Å². The van der Waals surface area contributed by atoms with E-state index < -0.39 is 0 Å². The van der Waals surface area contributed by atoms with Crippen LogP contribution in [0.4, 0.5) is 0 Å². The molecular formula is C19H27N5. The Morgan fingerprint density at radius 1 is 1.00 bits per heavy atom. The molecule has 4 rings (SSSR count). The van der Waals surface area contributed by atoms with Crippen LogP contribution in [0.25, 0.3) is 0 Å². The SMILES string of the molecule is c1ccc(CCN2CCC(c3nnc4n3CCCCC4)CC2)nc1. The third-order valence-electron chi connectivity index (χ3n) is 5.50. The lowest BCUT2D eigenvalue weighted by Crippen LogP contribution is -2.35. The first-order chi connectivity index (χ1) is 11.9. The van der Waals surface area contributed by atoms with E-state index >= 15 is 0 Å². The van der Waals surface area contributed by atoms with Crippen LogP contribution in [-0.2, 0) is 19.4 Å². The highest BCUT2D eigenvalue weighted by Gasteiger charge is 2.26. The lowest BCUT2D eigenvalue weighted by molar-refractivity contribution is 0.209.